The summed E-state index contributed by atoms with van der Waals surface area (Å²) in [6.45, 7) is 8.62. The average Bonchev–Trinajstić information content (AvgIpc) is 2.02. The van der Waals surface area contributed by atoms with Crippen LogP contribution in [0.25, 0.3) is 0 Å². The van der Waals surface area contributed by atoms with Crippen molar-refractivity contribution >= 4 is 26.2 Å². The normalized spacial score (nSPS) is 9.77. The van der Waals surface area contributed by atoms with E-state index in [-0.39, 0.29) is 5.17 Å². The first kappa shape index (κ1) is 15.7. The third-order valence-electron chi connectivity index (χ3n) is 1.04. The van der Waals surface area contributed by atoms with Gasteiger partial charge in [-0.05, 0) is 18.0 Å². The van der Waals surface area contributed by atoms with E-state index in [1.807, 2.05) is 0 Å². The molecule has 1 atom stereocenters. The Labute approximate surface area is 89.1 Å². The summed E-state index contributed by atoms with van der Waals surface area (Å²) in [6, 6.07) is 0. The average molecular weight is 222 g/mol. The maximum absolute atomic E-state index is 6.83. The Morgan fingerprint density at radius 1 is 1.31 bits per heavy atom. The fourth-order valence-corrected chi connectivity index (χ4v) is 0.769. The monoisotopic (exact) mass is 222 g/mol. The van der Waals surface area contributed by atoms with Crippen molar-refractivity contribution in [1.29, 1.82) is 5.41 Å². The maximum Gasteiger partial charge on any atom is 0.151 e. The van der Waals surface area contributed by atoms with E-state index in [0.717, 1.165) is 11.7 Å². The van der Waals surface area contributed by atoms with Crippen molar-refractivity contribution in [2.45, 2.75) is 27.7 Å². The van der Waals surface area contributed by atoms with Gasteiger partial charge in [0.1, 0.15) is 0 Å². The van der Waals surface area contributed by atoms with Gasteiger partial charge in [0, 0.05) is 5.75 Å². The highest BCUT2D eigenvalue weighted by Crippen LogP contribution is 2.04. The van der Waals surface area contributed by atoms with E-state index >= 15 is 0 Å². The predicted molar refractivity (Wildman–Crippen MR) is 68.6 cm³/mol. The van der Waals surface area contributed by atoms with Crippen LogP contribution in [0.4, 0.5) is 0 Å². The molecule has 13 heavy (non-hydrogen) atoms. The molecule has 3 N–H and O–H groups in total. The van der Waals surface area contributed by atoms with E-state index in [4.69, 9.17) is 11.1 Å². The second-order valence-corrected chi connectivity index (χ2v) is 5.23. The minimum atomic E-state index is 0.221. The topological polar surface area (TPSA) is 49.9 Å². The SMILES string of the molecule is CC(C)CP.CC(C)CSC(=N)N. The van der Waals surface area contributed by atoms with Crippen molar-refractivity contribution in [3.63, 3.8) is 0 Å². The number of thioether (sulfide) groups is 1. The molecule has 1 unspecified atom stereocenters. The van der Waals surface area contributed by atoms with Gasteiger partial charge in [-0.1, -0.05) is 39.5 Å². The van der Waals surface area contributed by atoms with Gasteiger partial charge < -0.3 is 5.73 Å². The first-order valence-corrected chi connectivity index (χ1v) is 6.37. The summed E-state index contributed by atoms with van der Waals surface area (Å²) in [5.41, 5.74) is 5.09. The summed E-state index contributed by atoms with van der Waals surface area (Å²) in [6.07, 6.45) is 1.22. The molecule has 0 rings (SSSR count). The third kappa shape index (κ3) is 24.5. The molecule has 0 aliphatic heterocycles. The van der Waals surface area contributed by atoms with Crippen molar-refractivity contribution in [1.82, 2.24) is 0 Å². The van der Waals surface area contributed by atoms with Crippen molar-refractivity contribution < 1.29 is 0 Å². The molecule has 0 saturated heterocycles. The number of nitrogens with one attached hydrogen (secondary N) is 1. The number of rotatable bonds is 3. The molecule has 0 aliphatic rings. The molecule has 2 nitrogen and oxygen atoms in total. The summed E-state index contributed by atoms with van der Waals surface area (Å²) in [5.74, 6) is 2.43. The van der Waals surface area contributed by atoms with Gasteiger partial charge in [-0.15, -0.1) is 9.24 Å². The predicted octanol–water partition coefficient (Wildman–Crippen LogP) is 2.79. The molecule has 0 aromatic carbocycles. The Balaban J connectivity index is 0. The van der Waals surface area contributed by atoms with Gasteiger partial charge in [-0.2, -0.15) is 0 Å². The molecule has 0 aliphatic carbocycles. The lowest BCUT2D eigenvalue weighted by Gasteiger charge is -1.99. The van der Waals surface area contributed by atoms with Gasteiger partial charge in [0.15, 0.2) is 5.17 Å². The van der Waals surface area contributed by atoms with Crippen LogP contribution >= 0.6 is 21.0 Å². The van der Waals surface area contributed by atoms with Crippen molar-refractivity contribution in [2.24, 2.45) is 17.6 Å². The molecule has 0 aromatic heterocycles. The lowest BCUT2D eigenvalue weighted by molar-refractivity contribution is 0.750. The second-order valence-electron chi connectivity index (χ2n) is 3.70. The third-order valence-corrected chi connectivity index (χ3v) is 3.13. The van der Waals surface area contributed by atoms with Crippen LogP contribution in [0.1, 0.15) is 27.7 Å². The number of hydrogen-bond acceptors (Lipinski definition) is 2. The van der Waals surface area contributed by atoms with Crippen LogP contribution in [-0.2, 0) is 0 Å². The smallest absolute Gasteiger partial charge is 0.151 e. The molecule has 0 fully saturated rings. The fraction of sp³-hybridized carbons (Fsp3) is 0.889. The molecular weight excluding hydrogens is 199 g/mol. The van der Waals surface area contributed by atoms with Gasteiger partial charge in [0.05, 0.1) is 0 Å². The molecular formula is C9H23N2PS. The Hall–Kier alpha value is 0.250. The highest BCUT2D eigenvalue weighted by Gasteiger charge is 1.93. The van der Waals surface area contributed by atoms with E-state index in [2.05, 4.69) is 36.9 Å². The van der Waals surface area contributed by atoms with Gasteiger partial charge in [-0.3, -0.25) is 5.41 Å². The minimum Gasteiger partial charge on any atom is -0.379 e. The van der Waals surface area contributed by atoms with Crippen LogP contribution in [0.5, 0.6) is 0 Å². The standard InChI is InChI=1S/C5H12N2S.C4H11P/c1-4(2)3-8-5(6)7;1-4(2)3-5/h4H,3H2,1-2H3,(H3,6,7);4H,3,5H2,1-2H3. The first-order valence-electron chi connectivity index (χ1n) is 4.57. The van der Waals surface area contributed by atoms with Gasteiger partial charge in [0.25, 0.3) is 0 Å². The first-order chi connectivity index (χ1) is 5.90. The zero-order chi connectivity index (χ0) is 10.9. The number of amidine groups is 1. The van der Waals surface area contributed by atoms with Crippen molar-refractivity contribution in [2.75, 3.05) is 11.9 Å². The van der Waals surface area contributed by atoms with E-state index < -0.39 is 0 Å². The molecule has 0 spiro atoms. The number of hydrogen-bond donors (Lipinski definition) is 2. The number of nitrogens with two attached hydrogens (primary N) is 1. The van der Waals surface area contributed by atoms with Gasteiger partial charge in [-0.25, -0.2) is 0 Å². The summed E-state index contributed by atoms with van der Waals surface area (Å²) < 4.78 is 0. The summed E-state index contributed by atoms with van der Waals surface area (Å²) >= 11 is 1.40. The maximum atomic E-state index is 6.83. The molecule has 0 radical (unpaired) electrons. The van der Waals surface area contributed by atoms with Crippen molar-refractivity contribution in [3.8, 4) is 0 Å². The van der Waals surface area contributed by atoms with Gasteiger partial charge in [0.2, 0.25) is 0 Å². The van der Waals surface area contributed by atoms with E-state index in [0.29, 0.717) is 5.92 Å². The van der Waals surface area contributed by atoms with Crippen LogP contribution in [0.3, 0.4) is 0 Å². The molecule has 0 bridgehead atoms. The van der Waals surface area contributed by atoms with Crippen molar-refractivity contribution in [3.05, 3.63) is 0 Å². The fourth-order valence-electron chi connectivity index (χ4n) is 0.256. The van der Waals surface area contributed by atoms with Crippen LogP contribution in [0.15, 0.2) is 0 Å². The van der Waals surface area contributed by atoms with E-state index in [9.17, 15) is 0 Å². The second kappa shape index (κ2) is 10.3. The summed E-state index contributed by atoms with van der Waals surface area (Å²) in [5, 5.41) is 7.05. The van der Waals surface area contributed by atoms with Gasteiger partial charge >= 0.3 is 0 Å². The summed E-state index contributed by atoms with van der Waals surface area (Å²) in [4.78, 5) is 0. The zero-order valence-electron chi connectivity index (χ0n) is 9.13. The Morgan fingerprint density at radius 2 is 1.69 bits per heavy atom. The van der Waals surface area contributed by atoms with Crippen LogP contribution in [-0.4, -0.2) is 17.1 Å². The highest BCUT2D eigenvalue weighted by atomic mass is 32.2. The summed E-state index contributed by atoms with van der Waals surface area (Å²) in [7, 11) is 2.69. The quantitative estimate of drug-likeness (QED) is 0.438. The van der Waals surface area contributed by atoms with Crippen LogP contribution < -0.4 is 5.73 Å². The van der Waals surface area contributed by atoms with Crippen LogP contribution in [0.2, 0.25) is 0 Å². The molecule has 0 saturated carbocycles. The zero-order valence-corrected chi connectivity index (χ0v) is 11.1. The highest BCUT2D eigenvalue weighted by molar-refractivity contribution is 8.13. The Bertz CT molecular complexity index is 127. The lowest BCUT2D eigenvalue weighted by atomic mass is 10.3. The molecule has 0 heterocycles. The molecule has 80 valence electrons. The Kier molecular flexibility index (Phi) is 12.5. The lowest BCUT2D eigenvalue weighted by Crippen LogP contribution is -2.06. The van der Waals surface area contributed by atoms with E-state index in [1.165, 1.54) is 17.9 Å². The minimum absolute atomic E-state index is 0.221. The molecule has 0 amide bonds. The Morgan fingerprint density at radius 3 is 1.77 bits per heavy atom. The molecule has 0 aromatic rings. The van der Waals surface area contributed by atoms with E-state index in [1.54, 1.807) is 0 Å². The molecule has 4 heteroatoms. The largest absolute Gasteiger partial charge is 0.379 e. The van der Waals surface area contributed by atoms with Crippen LogP contribution in [0, 0.1) is 17.2 Å².